The Morgan fingerprint density at radius 3 is 2.44 bits per heavy atom. The summed E-state index contributed by atoms with van der Waals surface area (Å²) in [5, 5.41) is 3.67. The highest BCUT2D eigenvalue weighted by Gasteiger charge is 2.22. The van der Waals surface area contributed by atoms with Gasteiger partial charge in [0.2, 0.25) is 0 Å². The zero-order valence-electron chi connectivity index (χ0n) is 12.6. The van der Waals surface area contributed by atoms with Crippen molar-refractivity contribution in [2.45, 2.75) is 77.2 Å². The minimum atomic E-state index is -0.139. The molecule has 1 N–H and O–H groups in total. The Balaban J connectivity index is 2.34. The highest BCUT2D eigenvalue weighted by molar-refractivity contribution is 4.78. The molecule has 0 aromatic rings. The van der Waals surface area contributed by atoms with Crippen LogP contribution < -0.4 is 5.32 Å². The molecule has 0 bridgehead atoms. The van der Waals surface area contributed by atoms with E-state index in [1.54, 1.807) is 14.2 Å². The highest BCUT2D eigenvalue weighted by Crippen LogP contribution is 2.27. The first kappa shape index (κ1) is 15.9. The molecule has 3 nitrogen and oxygen atoms in total. The first-order chi connectivity index (χ1) is 8.71. The quantitative estimate of drug-likeness (QED) is 0.560. The van der Waals surface area contributed by atoms with E-state index in [4.69, 9.17) is 9.47 Å². The van der Waals surface area contributed by atoms with Crippen molar-refractivity contribution in [1.82, 2.24) is 5.32 Å². The first-order valence-electron chi connectivity index (χ1n) is 7.52. The summed E-state index contributed by atoms with van der Waals surface area (Å²) in [6, 6.07) is 0.891. The van der Waals surface area contributed by atoms with Crippen LogP contribution in [-0.2, 0) is 9.47 Å². The van der Waals surface area contributed by atoms with Crippen molar-refractivity contribution >= 4 is 0 Å². The van der Waals surface area contributed by atoms with Gasteiger partial charge in [-0.05, 0) is 32.1 Å². The van der Waals surface area contributed by atoms with Gasteiger partial charge in [-0.2, -0.15) is 0 Å². The van der Waals surface area contributed by atoms with Gasteiger partial charge in [0.05, 0.1) is 6.04 Å². The summed E-state index contributed by atoms with van der Waals surface area (Å²) in [5.74, 6) is 0.956. The molecule has 0 aromatic carbocycles. The first-order valence-corrected chi connectivity index (χ1v) is 7.52. The fourth-order valence-electron chi connectivity index (χ4n) is 3.20. The lowest BCUT2D eigenvalue weighted by Crippen LogP contribution is -2.45. The van der Waals surface area contributed by atoms with Gasteiger partial charge >= 0.3 is 0 Å². The van der Waals surface area contributed by atoms with E-state index in [-0.39, 0.29) is 12.3 Å². The minimum absolute atomic E-state index is 0.139. The number of hydrogen-bond acceptors (Lipinski definition) is 3. The maximum absolute atomic E-state index is 5.31. The summed E-state index contributed by atoms with van der Waals surface area (Å²) in [6.07, 6.45) is 9.34. The molecule has 1 aliphatic rings. The average Bonchev–Trinajstić information content (AvgIpc) is 2.57. The van der Waals surface area contributed by atoms with E-state index in [0.29, 0.717) is 6.04 Å². The van der Waals surface area contributed by atoms with Crippen LogP contribution in [0.5, 0.6) is 0 Å². The van der Waals surface area contributed by atoms with E-state index in [9.17, 15) is 0 Å². The molecular weight excluding hydrogens is 226 g/mol. The highest BCUT2D eigenvalue weighted by atomic mass is 16.7. The van der Waals surface area contributed by atoms with Crippen LogP contribution in [0.2, 0.25) is 0 Å². The Morgan fingerprint density at radius 1 is 1.11 bits per heavy atom. The molecule has 1 fully saturated rings. The van der Waals surface area contributed by atoms with Crippen molar-refractivity contribution in [1.29, 1.82) is 0 Å². The Labute approximate surface area is 113 Å². The van der Waals surface area contributed by atoms with Crippen molar-refractivity contribution in [2.75, 3.05) is 14.2 Å². The topological polar surface area (TPSA) is 30.5 Å². The molecule has 0 amide bonds. The predicted molar refractivity (Wildman–Crippen MR) is 75.7 cm³/mol. The van der Waals surface area contributed by atoms with Gasteiger partial charge in [-0.1, -0.05) is 32.6 Å². The molecule has 108 valence electrons. The monoisotopic (exact) mass is 257 g/mol. The van der Waals surface area contributed by atoms with Gasteiger partial charge in [0.15, 0.2) is 6.29 Å². The molecule has 0 aromatic heterocycles. The van der Waals surface area contributed by atoms with Crippen molar-refractivity contribution < 1.29 is 9.47 Å². The fourth-order valence-corrected chi connectivity index (χ4v) is 3.20. The number of nitrogens with one attached hydrogen (secondary N) is 1. The minimum Gasteiger partial charge on any atom is -0.354 e. The van der Waals surface area contributed by atoms with Crippen LogP contribution in [0.4, 0.5) is 0 Å². The van der Waals surface area contributed by atoms with Gasteiger partial charge in [-0.25, -0.2) is 0 Å². The van der Waals surface area contributed by atoms with Gasteiger partial charge < -0.3 is 14.8 Å². The third kappa shape index (κ3) is 5.25. The molecule has 3 unspecified atom stereocenters. The van der Waals surface area contributed by atoms with Crippen LogP contribution in [0, 0.1) is 5.92 Å². The van der Waals surface area contributed by atoms with E-state index < -0.39 is 0 Å². The van der Waals surface area contributed by atoms with Crippen LogP contribution in [0.25, 0.3) is 0 Å². The third-order valence-electron chi connectivity index (χ3n) is 4.16. The van der Waals surface area contributed by atoms with Gasteiger partial charge in [-0.3, -0.25) is 0 Å². The van der Waals surface area contributed by atoms with Crippen molar-refractivity contribution in [3.05, 3.63) is 0 Å². The maximum atomic E-state index is 5.31. The summed E-state index contributed by atoms with van der Waals surface area (Å²) >= 11 is 0. The molecule has 3 heteroatoms. The van der Waals surface area contributed by atoms with Crippen LogP contribution in [0.1, 0.15) is 58.8 Å². The average molecular weight is 257 g/mol. The normalized spacial score (nSPS) is 27.2. The fraction of sp³-hybridized carbons (Fsp3) is 1.00. The second-order valence-corrected chi connectivity index (χ2v) is 5.66. The lowest BCUT2D eigenvalue weighted by atomic mass is 9.95. The Kier molecular flexibility index (Phi) is 7.87. The van der Waals surface area contributed by atoms with Gasteiger partial charge in [-0.15, -0.1) is 0 Å². The van der Waals surface area contributed by atoms with Gasteiger partial charge in [0, 0.05) is 20.3 Å². The van der Waals surface area contributed by atoms with Crippen LogP contribution in [-0.4, -0.2) is 32.6 Å². The number of methoxy groups -OCH3 is 2. The molecule has 1 rings (SSSR count). The van der Waals surface area contributed by atoms with Crippen molar-refractivity contribution in [2.24, 2.45) is 5.92 Å². The smallest absolute Gasteiger partial charge is 0.171 e. The van der Waals surface area contributed by atoms with Crippen molar-refractivity contribution in [3.8, 4) is 0 Å². The van der Waals surface area contributed by atoms with Crippen LogP contribution in [0.3, 0.4) is 0 Å². The maximum Gasteiger partial charge on any atom is 0.171 e. The zero-order chi connectivity index (χ0) is 13.4. The van der Waals surface area contributed by atoms with E-state index in [0.717, 1.165) is 5.92 Å². The summed E-state index contributed by atoms with van der Waals surface area (Å²) < 4.78 is 10.6. The molecule has 18 heavy (non-hydrogen) atoms. The zero-order valence-corrected chi connectivity index (χ0v) is 12.6. The molecule has 3 atom stereocenters. The number of hydrogen-bond donors (Lipinski definition) is 1. The summed E-state index contributed by atoms with van der Waals surface area (Å²) in [4.78, 5) is 0. The largest absolute Gasteiger partial charge is 0.354 e. The Hall–Kier alpha value is -0.120. The van der Waals surface area contributed by atoms with E-state index in [2.05, 4.69) is 19.2 Å². The van der Waals surface area contributed by atoms with Gasteiger partial charge in [0.25, 0.3) is 0 Å². The molecule has 1 saturated carbocycles. The van der Waals surface area contributed by atoms with Gasteiger partial charge in [0.1, 0.15) is 0 Å². The molecular formula is C15H31NO2. The SMILES string of the molecule is CCCC1CCCC(NC(C)C(OC)OC)CC1. The lowest BCUT2D eigenvalue weighted by molar-refractivity contribution is -0.121. The Morgan fingerprint density at radius 2 is 1.83 bits per heavy atom. The van der Waals surface area contributed by atoms with Crippen LogP contribution in [0.15, 0.2) is 0 Å². The molecule has 0 spiro atoms. The van der Waals surface area contributed by atoms with Crippen LogP contribution >= 0.6 is 0 Å². The standard InChI is InChI=1S/C15H31NO2/c1-5-7-13-8-6-9-14(11-10-13)16-12(2)15(17-3)18-4/h12-16H,5-11H2,1-4H3. The predicted octanol–water partition coefficient (Wildman–Crippen LogP) is 3.33. The Bertz CT molecular complexity index is 207. The number of rotatable bonds is 7. The second kappa shape index (κ2) is 8.89. The molecule has 0 radical (unpaired) electrons. The molecule has 1 aliphatic carbocycles. The van der Waals surface area contributed by atoms with Crippen molar-refractivity contribution in [3.63, 3.8) is 0 Å². The molecule has 0 saturated heterocycles. The van der Waals surface area contributed by atoms with E-state index in [1.807, 2.05) is 0 Å². The summed E-state index contributed by atoms with van der Waals surface area (Å²) in [5.41, 5.74) is 0. The third-order valence-corrected chi connectivity index (χ3v) is 4.16. The summed E-state index contributed by atoms with van der Waals surface area (Å²) in [7, 11) is 3.41. The molecule has 0 aliphatic heterocycles. The van der Waals surface area contributed by atoms with E-state index in [1.165, 1.54) is 44.9 Å². The molecule has 0 heterocycles. The second-order valence-electron chi connectivity index (χ2n) is 5.66. The van der Waals surface area contributed by atoms with E-state index >= 15 is 0 Å². The number of ether oxygens (including phenoxy) is 2. The lowest BCUT2D eigenvalue weighted by Gasteiger charge is -2.27. The summed E-state index contributed by atoms with van der Waals surface area (Å²) in [6.45, 7) is 4.44.